The van der Waals surface area contributed by atoms with Gasteiger partial charge in [0.05, 0.1) is 0 Å². The molecule has 1 aromatic carbocycles. The first-order valence-electron chi connectivity index (χ1n) is 6.47. The minimum Gasteiger partial charge on any atom is -0.485 e. The molecule has 0 aliphatic heterocycles. The molecule has 0 saturated heterocycles. The fraction of sp³-hybridized carbons (Fsp3) is 0.235. The Labute approximate surface area is 130 Å². The van der Waals surface area contributed by atoms with E-state index in [-0.39, 0.29) is 12.4 Å². The maximum absolute atomic E-state index is 11.7. The Kier molecular flexibility index (Phi) is 10.3. The molecule has 0 atom stereocenters. The topological polar surface area (TPSA) is 26.3 Å². The second-order valence-electron chi connectivity index (χ2n) is 3.55. The first-order valence-corrected chi connectivity index (χ1v) is 7.59. The molecule has 3 heteroatoms. The number of carbonyl (C=O) groups excluding carboxylic acids is 1. The van der Waals surface area contributed by atoms with Gasteiger partial charge in [-0.2, -0.15) is 0 Å². The SMILES string of the molecule is C=C/C=C(\C=C)C(=O)COc1ccc(CBr)cc1.CC. The van der Waals surface area contributed by atoms with Gasteiger partial charge in [-0.25, -0.2) is 0 Å². The van der Waals surface area contributed by atoms with E-state index < -0.39 is 0 Å². The van der Waals surface area contributed by atoms with E-state index >= 15 is 0 Å². The number of ketones is 1. The summed E-state index contributed by atoms with van der Waals surface area (Å²) < 4.78 is 5.41. The average molecular weight is 337 g/mol. The summed E-state index contributed by atoms with van der Waals surface area (Å²) in [6.45, 7) is 11.1. The van der Waals surface area contributed by atoms with Crippen LogP contribution in [0.3, 0.4) is 0 Å². The molecule has 0 heterocycles. The predicted octanol–water partition coefficient (Wildman–Crippen LogP) is 4.85. The fourth-order valence-corrected chi connectivity index (χ4v) is 1.68. The number of benzene rings is 1. The Bertz CT molecular complexity index is 458. The highest BCUT2D eigenvalue weighted by Crippen LogP contribution is 2.14. The lowest BCUT2D eigenvalue weighted by atomic mass is 10.1. The minimum absolute atomic E-state index is 0.000642. The van der Waals surface area contributed by atoms with E-state index in [0.717, 1.165) is 10.9 Å². The fourth-order valence-electron chi connectivity index (χ4n) is 1.31. The second kappa shape index (κ2) is 11.2. The van der Waals surface area contributed by atoms with Crippen LogP contribution in [0.5, 0.6) is 5.75 Å². The third-order valence-corrected chi connectivity index (χ3v) is 2.93. The molecular weight excluding hydrogens is 316 g/mol. The number of Topliss-reactive ketones (excluding diaryl/α,β-unsaturated/α-hetero) is 1. The third kappa shape index (κ3) is 6.53. The molecule has 1 rings (SSSR count). The maximum atomic E-state index is 11.7. The zero-order valence-corrected chi connectivity index (χ0v) is 13.7. The largest absolute Gasteiger partial charge is 0.485 e. The molecule has 0 radical (unpaired) electrons. The van der Waals surface area contributed by atoms with Gasteiger partial charge < -0.3 is 4.74 Å². The number of allylic oxidation sites excluding steroid dienone is 3. The molecule has 0 N–H and O–H groups in total. The molecule has 1 aromatic rings. The lowest BCUT2D eigenvalue weighted by molar-refractivity contribution is -0.117. The number of hydrogen-bond donors (Lipinski definition) is 0. The van der Waals surface area contributed by atoms with Gasteiger partial charge in [0.1, 0.15) is 5.75 Å². The summed E-state index contributed by atoms with van der Waals surface area (Å²) in [5.41, 5.74) is 1.66. The Morgan fingerprint density at radius 1 is 1.25 bits per heavy atom. The summed E-state index contributed by atoms with van der Waals surface area (Å²) in [6.07, 6.45) is 4.67. The molecule has 0 bridgehead atoms. The van der Waals surface area contributed by atoms with Crippen molar-refractivity contribution in [3.05, 3.63) is 66.8 Å². The van der Waals surface area contributed by atoms with Gasteiger partial charge in [-0.1, -0.05) is 73.3 Å². The van der Waals surface area contributed by atoms with Crippen LogP contribution >= 0.6 is 15.9 Å². The molecule has 20 heavy (non-hydrogen) atoms. The van der Waals surface area contributed by atoms with Crippen LogP contribution in [0.25, 0.3) is 0 Å². The van der Waals surface area contributed by atoms with Crippen LogP contribution in [0.15, 0.2) is 61.2 Å². The van der Waals surface area contributed by atoms with E-state index in [0.29, 0.717) is 11.3 Å². The molecular formula is C17H21BrO2. The third-order valence-electron chi connectivity index (χ3n) is 2.29. The Hall–Kier alpha value is -1.61. The van der Waals surface area contributed by atoms with Crippen molar-refractivity contribution < 1.29 is 9.53 Å². The number of rotatable bonds is 7. The van der Waals surface area contributed by atoms with Gasteiger partial charge in [0.15, 0.2) is 12.4 Å². The lowest BCUT2D eigenvalue weighted by Crippen LogP contribution is -2.12. The van der Waals surface area contributed by atoms with Gasteiger partial charge in [0, 0.05) is 10.9 Å². The summed E-state index contributed by atoms with van der Waals surface area (Å²) in [5.74, 6) is 0.560. The van der Waals surface area contributed by atoms with Crippen molar-refractivity contribution in [1.82, 2.24) is 0 Å². The van der Waals surface area contributed by atoms with Crippen molar-refractivity contribution >= 4 is 21.7 Å². The van der Waals surface area contributed by atoms with Crippen molar-refractivity contribution in [2.45, 2.75) is 19.2 Å². The average Bonchev–Trinajstić information content (AvgIpc) is 2.52. The van der Waals surface area contributed by atoms with Gasteiger partial charge in [-0.15, -0.1) is 0 Å². The molecule has 0 fully saturated rings. The maximum Gasteiger partial charge on any atom is 0.200 e. The number of ether oxygens (including phenoxy) is 1. The predicted molar refractivity (Wildman–Crippen MR) is 89.4 cm³/mol. The van der Waals surface area contributed by atoms with Crippen molar-refractivity contribution in [3.63, 3.8) is 0 Å². The van der Waals surface area contributed by atoms with Crippen molar-refractivity contribution in [2.24, 2.45) is 0 Å². The van der Waals surface area contributed by atoms with Crippen LogP contribution in [-0.2, 0) is 10.1 Å². The number of carbonyl (C=O) groups is 1. The lowest BCUT2D eigenvalue weighted by Gasteiger charge is -2.06. The highest BCUT2D eigenvalue weighted by atomic mass is 79.9. The zero-order valence-electron chi connectivity index (χ0n) is 12.1. The van der Waals surface area contributed by atoms with E-state index in [2.05, 4.69) is 29.1 Å². The van der Waals surface area contributed by atoms with Gasteiger partial charge in [-0.05, 0) is 17.7 Å². The molecule has 0 aromatic heterocycles. The summed E-state index contributed by atoms with van der Waals surface area (Å²) in [7, 11) is 0. The summed E-state index contributed by atoms with van der Waals surface area (Å²) in [4.78, 5) is 11.7. The molecule has 0 amide bonds. The van der Waals surface area contributed by atoms with Crippen LogP contribution < -0.4 is 4.74 Å². The Morgan fingerprint density at radius 2 is 1.85 bits per heavy atom. The van der Waals surface area contributed by atoms with E-state index in [4.69, 9.17) is 4.74 Å². The van der Waals surface area contributed by atoms with Gasteiger partial charge in [-0.3, -0.25) is 4.79 Å². The summed E-state index contributed by atoms with van der Waals surface area (Å²) >= 11 is 3.37. The molecule has 0 aliphatic rings. The summed E-state index contributed by atoms with van der Waals surface area (Å²) in [5, 5.41) is 0.800. The number of halogens is 1. The van der Waals surface area contributed by atoms with Crippen molar-refractivity contribution in [1.29, 1.82) is 0 Å². The summed E-state index contributed by atoms with van der Waals surface area (Å²) in [6, 6.07) is 7.58. The van der Waals surface area contributed by atoms with Crippen LogP contribution in [0.4, 0.5) is 0 Å². The molecule has 0 saturated carbocycles. The van der Waals surface area contributed by atoms with Gasteiger partial charge in [0.25, 0.3) is 0 Å². The van der Waals surface area contributed by atoms with E-state index in [1.807, 2.05) is 38.1 Å². The minimum atomic E-state index is -0.116. The quantitative estimate of drug-likeness (QED) is 0.404. The van der Waals surface area contributed by atoms with Crippen LogP contribution in [0.2, 0.25) is 0 Å². The normalized spacial score (nSPS) is 10.1. The van der Waals surface area contributed by atoms with Crippen LogP contribution in [0, 0.1) is 0 Å². The molecule has 0 unspecified atom stereocenters. The highest BCUT2D eigenvalue weighted by molar-refractivity contribution is 9.08. The van der Waals surface area contributed by atoms with Crippen molar-refractivity contribution in [2.75, 3.05) is 6.61 Å². The van der Waals surface area contributed by atoms with Crippen LogP contribution in [-0.4, -0.2) is 12.4 Å². The van der Waals surface area contributed by atoms with Crippen LogP contribution in [0.1, 0.15) is 19.4 Å². The van der Waals surface area contributed by atoms with E-state index in [1.165, 1.54) is 6.08 Å². The smallest absolute Gasteiger partial charge is 0.200 e. The van der Waals surface area contributed by atoms with E-state index in [9.17, 15) is 4.79 Å². The molecule has 0 aliphatic carbocycles. The highest BCUT2D eigenvalue weighted by Gasteiger charge is 2.06. The van der Waals surface area contributed by atoms with E-state index in [1.54, 1.807) is 12.2 Å². The van der Waals surface area contributed by atoms with Crippen molar-refractivity contribution in [3.8, 4) is 5.75 Å². The first-order chi connectivity index (χ1) is 9.71. The monoisotopic (exact) mass is 336 g/mol. The molecule has 108 valence electrons. The Balaban J connectivity index is 0.00000172. The molecule has 0 spiro atoms. The number of hydrogen-bond acceptors (Lipinski definition) is 2. The second-order valence-corrected chi connectivity index (χ2v) is 4.11. The Morgan fingerprint density at radius 3 is 2.30 bits per heavy atom. The standard InChI is InChI=1S/C15H15BrO2.C2H6/c1-3-5-13(4-2)15(17)11-18-14-8-6-12(10-16)7-9-14;1-2/h3-9H,1-2,10-11H2;1-2H3/b13-5+;. The zero-order chi connectivity index (χ0) is 15.4. The molecule has 2 nitrogen and oxygen atoms in total. The number of alkyl halides is 1. The van der Waals surface area contributed by atoms with Gasteiger partial charge >= 0.3 is 0 Å². The van der Waals surface area contributed by atoms with Gasteiger partial charge in [0.2, 0.25) is 0 Å². The first kappa shape index (κ1) is 18.4.